The van der Waals surface area contributed by atoms with Crippen molar-refractivity contribution in [1.29, 1.82) is 0 Å². The Morgan fingerprint density at radius 2 is 2.10 bits per heavy atom. The van der Waals surface area contributed by atoms with Crippen molar-refractivity contribution >= 4 is 5.91 Å². The molecule has 3 unspecified atom stereocenters. The highest BCUT2D eigenvalue weighted by molar-refractivity contribution is 5.78. The Labute approximate surface area is 123 Å². The van der Waals surface area contributed by atoms with Gasteiger partial charge in [-0.3, -0.25) is 9.69 Å². The first-order chi connectivity index (χ1) is 9.58. The van der Waals surface area contributed by atoms with Gasteiger partial charge in [0.15, 0.2) is 0 Å². The van der Waals surface area contributed by atoms with Crippen LogP contribution in [0.3, 0.4) is 0 Å². The zero-order valence-electron chi connectivity index (χ0n) is 13.3. The molecule has 2 aliphatic heterocycles. The number of nitrogens with zero attached hydrogens (tertiary/aromatic N) is 1. The molecule has 0 bridgehead atoms. The molecule has 0 aliphatic carbocycles. The van der Waals surface area contributed by atoms with E-state index in [4.69, 9.17) is 0 Å². The highest BCUT2D eigenvalue weighted by Crippen LogP contribution is 2.27. The molecule has 2 fully saturated rings. The van der Waals surface area contributed by atoms with Crippen molar-refractivity contribution in [2.75, 3.05) is 26.2 Å². The van der Waals surface area contributed by atoms with Gasteiger partial charge in [0.1, 0.15) is 0 Å². The van der Waals surface area contributed by atoms with E-state index in [2.05, 4.69) is 36.3 Å². The molecule has 0 aromatic rings. The average molecular weight is 281 g/mol. The lowest BCUT2D eigenvalue weighted by Gasteiger charge is -2.34. The zero-order valence-corrected chi connectivity index (χ0v) is 13.3. The molecule has 4 heteroatoms. The summed E-state index contributed by atoms with van der Waals surface area (Å²) in [4.78, 5) is 14.6. The summed E-state index contributed by atoms with van der Waals surface area (Å²) in [7, 11) is 0. The van der Waals surface area contributed by atoms with E-state index in [1.165, 1.54) is 25.7 Å². The lowest BCUT2D eigenvalue weighted by Crippen LogP contribution is -2.48. The van der Waals surface area contributed by atoms with Gasteiger partial charge >= 0.3 is 0 Å². The monoisotopic (exact) mass is 281 g/mol. The average Bonchev–Trinajstić information content (AvgIpc) is 2.87. The molecular weight excluding hydrogens is 250 g/mol. The second-order valence-corrected chi connectivity index (χ2v) is 6.89. The minimum atomic E-state index is 0.196. The first kappa shape index (κ1) is 15.8. The van der Waals surface area contributed by atoms with Gasteiger partial charge in [-0.25, -0.2) is 0 Å². The van der Waals surface area contributed by atoms with Crippen LogP contribution in [0.1, 0.15) is 46.5 Å². The number of hydrogen-bond donors (Lipinski definition) is 2. The fourth-order valence-electron chi connectivity index (χ4n) is 3.44. The molecule has 2 N–H and O–H groups in total. The van der Waals surface area contributed by atoms with Crippen LogP contribution in [-0.2, 0) is 4.79 Å². The number of piperidine rings is 1. The van der Waals surface area contributed by atoms with E-state index in [0.717, 1.165) is 25.6 Å². The summed E-state index contributed by atoms with van der Waals surface area (Å²) in [5.41, 5.74) is 0. The van der Waals surface area contributed by atoms with Crippen molar-refractivity contribution in [3.8, 4) is 0 Å². The molecule has 0 aromatic heterocycles. The third-order valence-electron chi connectivity index (χ3n) is 5.03. The quantitative estimate of drug-likeness (QED) is 0.805. The largest absolute Gasteiger partial charge is 0.352 e. The van der Waals surface area contributed by atoms with Crippen molar-refractivity contribution in [2.45, 2.75) is 58.5 Å². The van der Waals surface area contributed by atoms with Crippen molar-refractivity contribution in [3.63, 3.8) is 0 Å². The summed E-state index contributed by atoms with van der Waals surface area (Å²) in [5, 5.41) is 6.64. The Hall–Kier alpha value is -0.610. The van der Waals surface area contributed by atoms with Crippen LogP contribution in [0, 0.1) is 11.8 Å². The normalized spacial score (nSPS) is 29.6. The van der Waals surface area contributed by atoms with Gasteiger partial charge < -0.3 is 10.6 Å². The topological polar surface area (TPSA) is 44.4 Å². The Bertz CT molecular complexity index is 313. The van der Waals surface area contributed by atoms with E-state index in [0.29, 0.717) is 18.5 Å². The summed E-state index contributed by atoms with van der Waals surface area (Å²) >= 11 is 0. The van der Waals surface area contributed by atoms with Crippen LogP contribution in [-0.4, -0.2) is 49.1 Å². The van der Waals surface area contributed by atoms with Gasteiger partial charge in [0.25, 0.3) is 0 Å². The van der Waals surface area contributed by atoms with Crippen molar-refractivity contribution in [3.05, 3.63) is 0 Å². The van der Waals surface area contributed by atoms with Gasteiger partial charge in [0, 0.05) is 12.1 Å². The molecule has 0 aromatic carbocycles. The van der Waals surface area contributed by atoms with Crippen LogP contribution in [0.2, 0.25) is 0 Å². The van der Waals surface area contributed by atoms with E-state index in [-0.39, 0.29) is 11.9 Å². The molecule has 2 saturated heterocycles. The standard InChI is InChI=1S/C16H31N3O/c1-12(2)13(3)18-16(20)11-19-9-5-7-15(19)14-6-4-8-17-10-14/h12-15,17H,4-11H2,1-3H3,(H,18,20). The molecular formula is C16H31N3O. The van der Waals surface area contributed by atoms with E-state index in [1.54, 1.807) is 0 Å². The number of amides is 1. The van der Waals surface area contributed by atoms with Gasteiger partial charge in [-0.15, -0.1) is 0 Å². The van der Waals surface area contributed by atoms with Gasteiger partial charge in [0.05, 0.1) is 6.54 Å². The predicted molar refractivity (Wildman–Crippen MR) is 82.6 cm³/mol. The molecule has 0 radical (unpaired) electrons. The van der Waals surface area contributed by atoms with Crippen molar-refractivity contribution < 1.29 is 4.79 Å². The molecule has 2 aliphatic rings. The summed E-state index contributed by atoms with van der Waals surface area (Å²) in [6, 6.07) is 0.878. The Kier molecular flexibility index (Phi) is 5.85. The summed E-state index contributed by atoms with van der Waals surface area (Å²) in [6.45, 7) is 10.4. The number of rotatable bonds is 5. The third kappa shape index (κ3) is 4.19. The van der Waals surface area contributed by atoms with Gasteiger partial charge in [-0.1, -0.05) is 13.8 Å². The molecule has 3 atom stereocenters. The Morgan fingerprint density at radius 3 is 2.75 bits per heavy atom. The van der Waals surface area contributed by atoms with Gasteiger partial charge in [-0.05, 0) is 64.1 Å². The van der Waals surface area contributed by atoms with Crippen molar-refractivity contribution in [2.24, 2.45) is 11.8 Å². The predicted octanol–water partition coefficient (Wildman–Crippen LogP) is 1.61. The van der Waals surface area contributed by atoms with Crippen LogP contribution in [0.5, 0.6) is 0 Å². The third-order valence-corrected chi connectivity index (χ3v) is 5.03. The fourth-order valence-corrected chi connectivity index (χ4v) is 3.44. The Balaban J connectivity index is 1.82. The number of carbonyl (C=O) groups is 1. The molecule has 0 spiro atoms. The maximum absolute atomic E-state index is 12.2. The first-order valence-corrected chi connectivity index (χ1v) is 8.32. The number of hydrogen-bond acceptors (Lipinski definition) is 3. The minimum Gasteiger partial charge on any atom is -0.352 e. The second-order valence-electron chi connectivity index (χ2n) is 6.89. The van der Waals surface area contributed by atoms with Gasteiger partial charge in [-0.2, -0.15) is 0 Å². The molecule has 116 valence electrons. The second kappa shape index (κ2) is 7.41. The van der Waals surface area contributed by atoms with E-state index in [9.17, 15) is 4.79 Å². The van der Waals surface area contributed by atoms with Crippen LogP contribution >= 0.6 is 0 Å². The SMILES string of the molecule is CC(C)C(C)NC(=O)CN1CCCC1C1CCCNC1. The number of likely N-dealkylation sites (tertiary alicyclic amines) is 1. The molecule has 2 rings (SSSR count). The Morgan fingerprint density at radius 1 is 1.30 bits per heavy atom. The highest BCUT2D eigenvalue weighted by Gasteiger charge is 2.33. The number of carbonyl (C=O) groups excluding carboxylic acids is 1. The maximum Gasteiger partial charge on any atom is 0.234 e. The first-order valence-electron chi connectivity index (χ1n) is 8.32. The molecule has 2 heterocycles. The summed E-state index contributed by atoms with van der Waals surface area (Å²) in [5.74, 6) is 1.43. The van der Waals surface area contributed by atoms with Crippen LogP contribution in [0.15, 0.2) is 0 Å². The van der Waals surface area contributed by atoms with Crippen LogP contribution < -0.4 is 10.6 Å². The van der Waals surface area contributed by atoms with Gasteiger partial charge in [0.2, 0.25) is 5.91 Å². The molecule has 0 saturated carbocycles. The van der Waals surface area contributed by atoms with Crippen LogP contribution in [0.4, 0.5) is 0 Å². The molecule has 20 heavy (non-hydrogen) atoms. The maximum atomic E-state index is 12.2. The smallest absolute Gasteiger partial charge is 0.234 e. The highest BCUT2D eigenvalue weighted by atomic mass is 16.2. The van der Waals surface area contributed by atoms with E-state index < -0.39 is 0 Å². The van der Waals surface area contributed by atoms with Crippen molar-refractivity contribution in [1.82, 2.24) is 15.5 Å². The lowest BCUT2D eigenvalue weighted by atomic mass is 9.90. The minimum absolute atomic E-state index is 0.196. The number of nitrogens with one attached hydrogen (secondary N) is 2. The zero-order chi connectivity index (χ0) is 14.5. The lowest BCUT2D eigenvalue weighted by molar-refractivity contribution is -0.123. The molecule has 4 nitrogen and oxygen atoms in total. The van der Waals surface area contributed by atoms with E-state index in [1.807, 2.05) is 0 Å². The molecule has 1 amide bonds. The van der Waals surface area contributed by atoms with Crippen LogP contribution in [0.25, 0.3) is 0 Å². The van der Waals surface area contributed by atoms with E-state index >= 15 is 0 Å². The summed E-state index contributed by atoms with van der Waals surface area (Å²) in [6.07, 6.45) is 5.11. The fraction of sp³-hybridized carbons (Fsp3) is 0.938. The summed E-state index contributed by atoms with van der Waals surface area (Å²) < 4.78 is 0.